The highest BCUT2D eigenvalue weighted by atomic mass is 31.2. The van der Waals surface area contributed by atoms with Crippen LogP contribution in [-0.2, 0) is 9.13 Å². The SMILES string of the molecule is CC(O)N(C(C)O)C(P(=O)(O)O)P(=O)(O)O. The molecule has 0 aromatic heterocycles. The molecule has 2 unspecified atom stereocenters. The van der Waals surface area contributed by atoms with Crippen molar-refractivity contribution in [2.75, 3.05) is 0 Å². The maximum atomic E-state index is 11.0. The van der Waals surface area contributed by atoms with E-state index in [0.29, 0.717) is 0 Å². The van der Waals surface area contributed by atoms with Crippen LogP contribution in [0.5, 0.6) is 0 Å². The molecule has 0 radical (unpaired) electrons. The molecule has 0 aliphatic carbocycles. The summed E-state index contributed by atoms with van der Waals surface area (Å²) in [5, 5.41) is 18.3. The summed E-state index contributed by atoms with van der Waals surface area (Å²) in [5.41, 5.74) is -2.57. The van der Waals surface area contributed by atoms with Gasteiger partial charge in [-0.3, -0.25) is 9.13 Å². The van der Waals surface area contributed by atoms with Gasteiger partial charge in [-0.2, -0.15) is 0 Å². The molecule has 0 bridgehead atoms. The summed E-state index contributed by atoms with van der Waals surface area (Å²) in [6.07, 6.45) is -3.27. The molecule has 0 saturated carbocycles. The first-order chi connectivity index (χ1) is 6.89. The van der Waals surface area contributed by atoms with Crippen molar-refractivity contribution in [3.05, 3.63) is 0 Å². The van der Waals surface area contributed by atoms with Gasteiger partial charge in [0.1, 0.15) is 12.5 Å². The number of nitrogens with zero attached hydrogens (tertiary/aromatic N) is 1. The number of rotatable bonds is 5. The monoisotopic (exact) mass is 279 g/mol. The van der Waals surface area contributed by atoms with Crippen molar-refractivity contribution in [3.8, 4) is 0 Å². The van der Waals surface area contributed by atoms with Crippen LogP contribution in [0.25, 0.3) is 0 Å². The number of aliphatic hydroxyl groups is 2. The van der Waals surface area contributed by atoms with Gasteiger partial charge in [-0.25, -0.2) is 4.90 Å². The molecule has 2 atom stereocenters. The predicted octanol–water partition coefficient (Wildman–Crippen LogP) is -1.40. The molecule has 0 fully saturated rings. The Morgan fingerprint density at radius 1 is 0.875 bits per heavy atom. The smallest absolute Gasteiger partial charge is 0.355 e. The van der Waals surface area contributed by atoms with Gasteiger partial charge in [0.15, 0.2) is 0 Å². The van der Waals surface area contributed by atoms with Crippen molar-refractivity contribution in [2.45, 2.75) is 31.8 Å². The fourth-order valence-corrected chi connectivity index (χ4v) is 4.28. The second kappa shape index (κ2) is 5.22. The van der Waals surface area contributed by atoms with Crippen molar-refractivity contribution in [1.29, 1.82) is 0 Å². The Morgan fingerprint density at radius 2 is 1.12 bits per heavy atom. The zero-order valence-electron chi connectivity index (χ0n) is 8.57. The Morgan fingerprint density at radius 3 is 1.19 bits per heavy atom. The summed E-state index contributed by atoms with van der Waals surface area (Å²) < 4.78 is 21.9. The number of hydrogen-bond donors (Lipinski definition) is 6. The first kappa shape index (κ1) is 16.2. The molecule has 0 aromatic carbocycles. The van der Waals surface area contributed by atoms with Gasteiger partial charge in [-0.1, -0.05) is 0 Å². The predicted molar refractivity (Wildman–Crippen MR) is 53.1 cm³/mol. The molecule has 9 nitrogen and oxygen atoms in total. The molecule has 0 aromatic rings. The van der Waals surface area contributed by atoms with Gasteiger partial charge >= 0.3 is 15.2 Å². The van der Waals surface area contributed by atoms with Crippen LogP contribution in [0.2, 0.25) is 0 Å². The van der Waals surface area contributed by atoms with Crippen LogP contribution < -0.4 is 0 Å². The van der Waals surface area contributed by atoms with Crippen LogP contribution in [0, 0.1) is 0 Å². The molecule has 98 valence electrons. The molecular formula is C5H15NO8P2. The number of aliphatic hydroxyl groups excluding tert-OH is 2. The van der Waals surface area contributed by atoms with Crippen LogP contribution in [0.3, 0.4) is 0 Å². The Kier molecular flexibility index (Phi) is 5.28. The van der Waals surface area contributed by atoms with E-state index in [1.54, 1.807) is 0 Å². The normalized spacial score (nSPS) is 17.9. The first-order valence-corrected chi connectivity index (χ1v) is 7.49. The lowest BCUT2D eigenvalue weighted by molar-refractivity contribution is -0.0862. The fraction of sp³-hybridized carbons (Fsp3) is 1.00. The Labute approximate surface area is 91.7 Å². The summed E-state index contributed by atoms with van der Waals surface area (Å²) in [7, 11) is -10.4. The summed E-state index contributed by atoms with van der Waals surface area (Å²) in [4.78, 5) is 35.6. The summed E-state index contributed by atoms with van der Waals surface area (Å²) >= 11 is 0. The molecule has 0 aliphatic heterocycles. The quantitative estimate of drug-likeness (QED) is 0.263. The largest absolute Gasteiger partial charge is 0.379 e. The van der Waals surface area contributed by atoms with Crippen LogP contribution in [-0.4, -0.2) is 52.7 Å². The van der Waals surface area contributed by atoms with Crippen LogP contribution in [0.1, 0.15) is 13.8 Å². The second-order valence-electron chi connectivity index (χ2n) is 3.24. The second-order valence-corrected chi connectivity index (χ2v) is 6.98. The molecule has 0 aliphatic rings. The van der Waals surface area contributed by atoms with Crippen LogP contribution >= 0.6 is 15.2 Å². The molecule has 0 amide bonds. The van der Waals surface area contributed by atoms with Crippen LogP contribution in [0.15, 0.2) is 0 Å². The minimum atomic E-state index is -5.22. The lowest BCUT2D eigenvalue weighted by Gasteiger charge is -2.35. The number of hydrogen-bond acceptors (Lipinski definition) is 5. The van der Waals surface area contributed by atoms with Crippen molar-refractivity contribution < 1.29 is 38.9 Å². The van der Waals surface area contributed by atoms with E-state index < -0.39 is 33.2 Å². The van der Waals surface area contributed by atoms with E-state index >= 15 is 0 Å². The van der Waals surface area contributed by atoms with E-state index in [1.807, 2.05) is 0 Å². The summed E-state index contributed by atoms with van der Waals surface area (Å²) in [5.74, 6) is 0. The van der Waals surface area contributed by atoms with Crippen LogP contribution in [0.4, 0.5) is 0 Å². The van der Waals surface area contributed by atoms with E-state index in [4.69, 9.17) is 29.8 Å². The Bertz CT molecular complexity index is 288. The average Bonchev–Trinajstić information content (AvgIpc) is 1.93. The third-order valence-electron chi connectivity index (χ3n) is 1.73. The highest BCUT2D eigenvalue weighted by Crippen LogP contribution is 2.61. The van der Waals surface area contributed by atoms with E-state index in [2.05, 4.69) is 0 Å². The van der Waals surface area contributed by atoms with Gasteiger partial charge in [0.05, 0.1) is 0 Å². The third-order valence-corrected chi connectivity index (χ3v) is 5.27. The zero-order chi connectivity index (χ0) is 13.3. The average molecular weight is 279 g/mol. The lowest BCUT2D eigenvalue weighted by atomic mass is 10.5. The standard InChI is InChI=1S/C5H15NO8P2/c1-3(7)6(4(2)8)5(15(9,10)11)16(12,13)14/h3-5,7-8H,1-2H3,(H2,9,10,11)(H2,12,13,14). The molecular weight excluding hydrogens is 264 g/mol. The highest BCUT2D eigenvalue weighted by molar-refractivity contribution is 7.70. The van der Waals surface area contributed by atoms with Crippen molar-refractivity contribution in [1.82, 2.24) is 4.90 Å². The molecule has 11 heteroatoms. The van der Waals surface area contributed by atoms with E-state index in [9.17, 15) is 9.13 Å². The molecule has 16 heavy (non-hydrogen) atoms. The van der Waals surface area contributed by atoms with Gasteiger partial charge in [0, 0.05) is 0 Å². The zero-order valence-corrected chi connectivity index (χ0v) is 10.4. The van der Waals surface area contributed by atoms with Gasteiger partial charge in [-0.15, -0.1) is 0 Å². The van der Waals surface area contributed by atoms with Crippen molar-refractivity contribution in [2.24, 2.45) is 0 Å². The van der Waals surface area contributed by atoms with Crippen molar-refractivity contribution >= 4 is 15.2 Å². The molecule has 0 rings (SSSR count). The molecule has 0 heterocycles. The first-order valence-electron chi connectivity index (χ1n) is 4.13. The minimum Gasteiger partial charge on any atom is -0.379 e. The van der Waals surface area contributed by atoms with Crippen molar-refractivity contribution in [3.63, 3.8) is 0 Å². The van der Waals surface area contributed by atoms with E-state index in [0.717, 1.165) is 13.8 Å². The summed E-state index contributed by atoms with van der Waals surface area (Å²) in [6.45, 7) is 2.04. The van der Waals surface area contributed by atoms with Gasteiger partial charge in [-0.05, 0) is 13.8 Å². The molecule has 0 saturated heterocycles. The summed E-state index contributed by atoms with van der Waals surface area (Å²) in [6, 6.07) is 0. The fourth-order valence-electron chi connectivity index (χ4n) is 1.24. The maximum absolute atomic E-state index is 11.0. The molecule has 0 spiro atoms. The Hall–Kier alpha value is 0.180. The van der Waals surface area contributed by atoms with Gasteiger partial charge < -0.3 is 29.8 Å². The van der Waals surface area contributed by atoms with E-state index in [1.165, 1.54) is 0 Å². The Balaban J connectivity index is 5.50. The maximum Gasteiger partial charge on any atom is 0.355 e. The van der Waals surface area contributed by atoms with Gasteiger partial charge in [0.25, 0.3) is 0 Å². The highest BCUT2D eigenvalue weighted by Gasteiger charge is 2.50. The minimum absolute atomic E-state index is 0.252. The molecule has 6 N–H and O–H groups in total. The lowest BCUT2D eigenvalue weighted by Crippen LogP contribution is -2.47. The topological polar surface area (TPSA) is 159 Å². The van der Waals surface area contributed by atoms with Gasteiger partial charge in [0.2, 0.25) is 5.52 Å². The third kappa shape index (κ3) is 4.21. The van der Waals surface area contributed by atoms with E-state index in [-0.39, 0.29) is 4.90 Å².